The van der Waals surface area contributed by atoms with E-state index in [1.807, 2.05) is 6.07 Å². The fraction of sp³-hybridized carbons (Fsp3) is 0.0667. The molecule has 3 rings (SSSR count). The SMILES string of the molecule is COC(=O)c1ccn2cc(-c3ccccc3O)nc2c1. The number of pyridine rings is 1. The molecule has 3 aromatic rings. The smallest absolute Gasteiger partial charge is 0.338 e. The molecule has 1 N–H and O–H groups in total. The van der Waals surface area contributed by atoms with Crippen molar-refractivity contribution < 1.29 is 14.6 Å². The molecular weight excluding hydrogens is 256 g/mol. The highest BCUT2D eigenvalue weighted by Crippen LogP contribution is 2.28. The van der Waals surface area contributed by atoms with E-state index in [1.54, 1.807) is 47.1 Å². The Morgan fingerprint density at radius 3 is 2.85 bits per heavy atom. The number of ether oxygens (including phenoxy) is 1. The number of phenolic OH excluding ortho intramolecular Hbond substituents is 1. The van der Waals surface area contributed by atoms with E-state index in [0.29, 0.717) is 22.5 Å². The second-order valence-electron chi connectivity index (χ2n) is 4.32. The van der Waals surface area contributed by atoms with Crippen molar-refractivity contribution in [3.63, 3.8) is 0 Å². The summed E-state index contributed by atoms with van der Waals surface area (Å²) >= 11 is 0. The van der Waals surface area contributed by atoms with Crippen LogP contribution in [0.2, 0.25) is 0 Å². The molecule has 0 aliphatic heterocycles. The molecule has 20 heavy (non-hydrogen) atoms. The maximum absolute atomic E-state index is 11.5. The normalized spacial score (nSPS) is 10.7. The quantitative estimate of drug-likeness (QED) is 0.725. The van der Waals surface area contributed by atoms with Crippen molar-refractivity contribution in [2.24, 2.45) is 0 Å². The predicted octanol–water partition coefficient (Wildman–Crippen LogP) is 2.49. The molecule has 0 atom stereocenters. The van der Waals surface area contributed by atoms with Crippen LogP contribution >= 0.6 is 0 Å². The van der Waals surface area contributed by atoms with E-state index in [-0.39, 0.29) is 5.75 Å². The van der Waals surface area contributed by atoms with E-state index in [0.717, 1.165) is 0 Å². The lowest BCUT2D eigenvalue weighted by molar-refractivity contribution is 0.0600. The van der Waals surface area contributed by atoms with Gasteiger partial charge in [-0.25, -0.2) is 9.78 Å². The van der Waals surface area contributed by atoms with Crippen molar-refractivity contribution in [1.82, 2.24) is 9.38 Å². The molecule has 5 nitrogen and oxygen atoms in total. The third-order valence-electron chi connectivity index (χ3n) is 3.06. The van der Waals surface area contributed by atoms with Crippen LogP contribution in [0.5, 0.6) is 5.75 Å². The van der Waals surface area contributed by atoms with Crippen molar-refractivity contribution in [3.05, 3.63) is 54.4 Å². The first-order valence-electron chi connectivity index (χ1n) is 6.04. The monoisotopic (exact) mass is 268 g/mol. The van der Waals surface area contributed by atoms with Gasteiger partial charge in [0.25, 0.3) is 0 Å². The molecular formula is C15H12N2O3. The summed E-state index contributed by atoms with van der Waals surface area (Å²) in [5.74, 6) is -0.233. The number of esters is 1. The fourth-order valence-corrected chi connectivity index (χ4v) is 2.05. The second kappa shape index (κ2) is 4.70. The topological polar surface area (TPSA) is 63.8 Å². The van der Waals surface area contributed by atoms with Gasteiger partial charge in [-0.1, -0.05) is 12.1 Å². The minimum Gasteiger partial charge on any atom is -0.507 e. The second-order valence-corrected chi connectivity index (χ2v) is 4.32. The Hall–Kier alpha value is -2.82. The van der Waals surface area contributed by atoms with Gasteiger partial charge in [-0.05, 0) is 24.3 Å². The van der Waals surface area contributed by atoms with Crippen LogP contribution in [-0.4, -0.2) is 27.6 Å². The van der Waals surface area contributed by atoms with E-state index in [1.165, 1.54) is 7.11 Å². The van der Waals surface area contributed by atoms with Crippen LogP contribution in [0.25, 0.3) is 16.9 Å². The summed E-state index contributed by atoms with van der Waals surface area (Å²) in [4.78, 5) is 15.9. The molecule has 100 valence electrons. The summed E-state index contributed by atoms with van der Waals surface area (Å²) < 4.78 is 6.47. The minimum absolute atomic E-state index is 0.170. The molecule has 0 aliphatic carbocycles. The number of aromatic hydroxyl groups is 1. The average Bonchev–Trinajstić information content (AvgIpc) is 2.89. The molecule has 2 aromatic heterocycles. The zero-order chi connectivity index (χ0) is 14.1. The molecule has 5 heteroatoms. The van der Waals surface area contributed by atoms with Crippen LogP contribution in [-0.2, 0) is 4.74 Å². The van der Waals surface area contributed by atoms with Crippen LogP contribution in [0.1, 0.15) is 10.4 Å². The number of aromatic nitrogens is 2. The van der Waals surface area contributed by atoms with Crippen molar-refractivity contribution in [2.75, 3.05) is 7.11 Å². The largest absolute Gasteiger partial charge is 0.507 e. The molecule has 0 aliphatic rings. The molecule has 1 aromatic carbocycles. The standard InChI is InChI=1S/C15H12N2O3/c1-20-15(19)10-6-7-17-9-12(16-14(17)8-10)11-4-2-3-5-13(11)18/h2-9,18H,1H3. The number of carbonyl (C=O) groups excluding carboxylic acids is 1. The number of carbonyl (C=O) groups is 1. The molecule has 0 unspecified atom stereocenters. The number of rotatable bonds is 2. The maximum Gasteiger partial charge on any atom is 0.338 e. The highest BCUT2D eigenvalue weighted by molar-refractivity contribution is 5.90. The molecule has 0 saturated carbocycles. The number of nitrogens with zero attached hydrogens (tertiary/aromatic N) is 2. The molecule has 0 amide bonds. The highest BCUT2D eigenvalue weighted by Gasteiger charge is 2.11. The van der Waals surface area contributed by atoms with Crippen LogP contribution in [0.3, 0.4) is 0 Å². The van der Waals surface area contributed by atoms with Gasteiger partial charge in [0.1, 0.15) is 11.4 Å². The summed E-state index contributed by atoms with van der Waals surface area (Å²) in [7, 11) is 1.34. The molecule has 2 heterocycles. The van der Waals surface area contributed by atoms with E-state index < -0.39 is 5.97 Å². The fourth-order valence-electron chi connectivity index (χ4n) is 2.05. The van der Waals surface area contributed by atoms with E-state index in [4.69, 9.17) is 0 Å². The zero-order valence-corrected chi connectivity index (χ0v) is 10.8. The summed E-state index contributed by atoms with van der Waals surface area (Å²) in [6, 6.07) is 10.3. The third-order valence-corrected chi connectivity index (χ3v) is 3.06. The Labute approximate surface area is 115 Å². The Balaban J connectivity index is 2.12. The van der Waals surface area contributed by atoms with Gasteiger partial charge < -0.3 is 14.2 Å². The summed E-state index contributed by atoms with van der Waals surface area (Å²) in [6.45, 7) is 0. The average molecular weight is 268 g/mol. The van der Waals surface area contributed by atoms with Gasteiger partial charge in [0, 0.05) is 18.0 Å². The first kappa shape index (κ1) is 12.2. The van der Waals surface area contributed by atoms with Crippen molar-refractivity contribution in [3.8, 4) is 17.0 Å². The number of methoxy groups -OCH3 is 1. The number of imidazole rings is 1. The van der Waals surface area contributed by atoms with Crippen molar-refractivity contribution in [1.29, 1.82) is 0 Å². The number of phenols is 1. The van der Waals surface area contributed by atoms with E-state index >= 15 is 0 Å². The molecule has 0 radical (unpaired) electrons. The summed E-state index contributed by atoms with van der Waals surface area (Å²) in [5.41, 5.74) is 2.35. The van der Waals surface area contributed by atoms with Crippen LogP contribution < -0.4 is 0 Å². The van der Waals surface area contributed by atoms with Crippen LogP contribution in [0.15, 0.2) is 48.8 Å². The number of fused-ring (bicyclic) bond motifs is 1. The van der Waals surface area contributed by atoms with Gasteiger partial charge in [-0.3, -0.25) is 0 Å². The lowest BCUT2D eigenvalue weighted by Gasteiger charge is -1.98. The van der Waals surface area contributed by atoms with Crippen LogP contribution in [0, 0.1) is 0 Å². The summed E-state index contributed by atoms with van der Waals surface area (Å²) in [5, 5.41) is 9.85. The van der Waals surface area contributed by atoms with Gasteiger partial charge in [-0.2, -0.15) is 0 Å². The first-order valence-corrected chi connectivity index (χ1v) is 6.04. The number of hydrogen-bond donors (Lipinski definition) is 1. The van der Waals surface area contributed by atoms with Gasteiger partial charge in [0.05, 0.1) is 18.4 Å². The molecule has 0 saturated heterocycles. The lowest BCUT2D eigenvalue weighted by atomic mass is 10.1. The van der Waals surface area contributed by atoms with E-state index in [2.05, 4.69) is 9.72 Å². The first-order chi connectivity index (χ1) is 9.69. The molecule has 0 spiro atoms. The minimum atomic E-state index is -0.403. The number of benzene rings is 1. The predicted molar refractivity (Wildman–Crippen MR) is 73.6 cm³/mol. The summed E-state index contributed by atoms with van der Waals surface area (Å²) in [6.07, 6.45) is 3.53. The number of hydrogen-bond acceptors (Lipinski definition) is 4. The Kier molecular flexibility index (Phi) is 2.87. The van der Waals surface area contributed by atoms with Gasteiger partial charge >= 0.3 is 5.97 Å². The van der Waals surface area contributed by atoms with Crippen LogP contribution in [0.4, 0.5) is 0 Å². The lowest BCUT2D eigenvalue weighted by Crippen LogP contribution is -2.01. The Morgan fingerprint density at radius 2 is 2.10 bits per heavy atom. The maximum atomic E-state index is 11.5. The van der Waals surface area contributed by atoms with E-state index in [9.17, 15) is 9.90 Å². The van der Waals surface area contributed by atoms with Crippen molar-refractivity contribution >= 4 is 11.6 Å². The Morgan fingerprint density at radius 1 is 1.30 bits per heavy atom. The zero-order valence-electron chi connectivity index (χ0n) is 10.8. The molecule has 0 bridgehead atoms. The Bertz CT molecular complexity index is 793. The van der Waals surface area contributed by atoms with Gasteiger partial charge in [0.15, 0.2) is 0 Å². The van der Waals surface area contributed by atoms with Crippen molar-refractivity contribution in [2.45, 2.75) is 0 Å². The van der Waals surface area contributed by atoms with Gasteiger partial charge in [0.2, 0.25) is 0 Å². The molecule has 0 fully saturated rings. The van der Waals surface area contributed by atoms with Gasteiger partial charge in [-0.15, -0.1) is 0 Å². The highest BCUT2D eigenvalue weighted by atomic mass is 16.5. The third kappa shape index (κ3) is 1.99. The number of para-hydroxylation sites is 1.